The number of aliphatic hydroxyl groups is 1. The Labute approximate surface area is 135 Å². The molecular weight excluding hydrogens is 298 g/mol. The maximum absolute atomic E-state index is 12.8. The number of carboxylic acids is 1. The van der Waals surface area contributed by atoms with E-state index in [1.807, 2.05) is 38.1 Å². The van der Waals surface area contributed by atoms with Gasteiger partial charge in [-0.05, 0) is 31.5 Å². The molecule has 0 radical (unpaired) electrons. The van der Waals surface area contributed by atoms with Crippen LogP contribution in [0.5, 0.6) is 5.75 Å². The van der Waals surface area contributed by atoms with Crippen molar-refractivity contribution in [3.8, 4) is 5.75 Å². The predicted molar refractivity (Wildman–Crippen MR) is 84.4 cm³/mol. The van der Waals surface area contributed by atoms with Crippen LogP contribution in [-0.4, -0.2) is 52.8 Å². The van der Waals surface area contributed by atoms with Gasteiger partial charge in [0.25, 0.3) is 0 Å². The van der Waals surface area contributed by atoms with Gasteiger partial charge in [-0.1, -0.05) is 12.1 Å². The van der Waals surface area contributed by atoms with E-state index in [4.69, 9.17) is 9.84 Å². The fourth-order valence-electron chi connectivity index (χ4n) is 2.82. The molecule has 0 atom stereocenters. The Morgan fingerprint density at radius 1 is 1.17 bits per heavy atom. The van der Waals surface area contributed by atoms with Gasteiger partial charge >= 0.3 is 5.97 Å². The Morgan fingerprint density at radius 2 is 1.70 bits per heavy atom. The lowest BCUT2D eigenvalue weighted by Gasteiger charge is -2.39. The standard InChI is InChI=1S/C17H23NO5/c1-16(2,12-4-6-13(23-3)7-5-12)14(19)18-10-8-17(22,9-11-18)15(20)21/h4-7,22H,8-11H2,1-3H3,(H,20,21). The summed E-state index contributed by atoms with van der Waals surface area (Å²) < 4.78 is 5.13. The molecule has 0 saturated carbocycles. The zero-order chi connectivity index (χ0) is 17.3. The zero-order valence-electron chi connectivity index (χ0n) is 13.7. The highest BCUT2D eigenvalue weighted by Crippen LogP contribution is 2.30. The number of carbonyl (C=O) groups excluding carboxylic acids is 1. The van der Waals surface area contributed by atoms with Gasteiger partial charge in [-0.3, -0.25) is 4.79 Å². The van der Waals surface area contributed by atoms with Gasteiger partial charge < -0.3 is 19.8 Å². The number of carboxylic acid groups (broad SMARTS) is 1. The first-order valence-corrected chi connectivity index (χ1v) is 7.60. The minimum atomic E-state index is -1.72. The second kappa shape index (κ2) is 6.20. The molecule has 0 aliphatic carbocycles. The van der Waals surface area contributed by atoms with Crippen LogP contribution in [0.25, 0.3) is 0 Å². The smallest absolute Gasteiger partial charge is 0.335 e. The highest BCUT2D eigenvalue weighted by Gasteiger charge is 2.43. The second-order valence-corrected chi connectivity index (χ2v) is 6.48. The molecule has 6 heteroatoms. The molecule has 23 heavy (non-hydrogen) atoms. The molecule has 2 N–H and O–H groups in total. The van der Waals surface area contributed by atoms with Crippen molar-refractivity contribution < 1.29 is 24.5 Å². The van der Waals surface area contributed by atoms with Crippen molar-refractivity contribution in [1.29, 1.82) is 0 Å². The Hall–Kier alpha value is -2.08. The first kappa shape index (κ1) is 17.3. The SMILES string of the molecule is COc1ccc(C(C)(C)C(=O)N2CCC(O)(C(=O)O)CC2)cc1. The van der Waals surface area contributed by atoms with Crippen molar-refractivity contribution in [3.63, 3.8) is 0 Å². The summed E-state index contributed by atoms with van der Waals surface area (Å²) >= 11 is 0. The predicted octanol–water partition coefficient (Wildman–Crippen LogP) is 1.41. The zero-order valence-corrected chi connectivity index (χ0v) is 13.7. The summed E-state index contributed by atoms with van der Waals surface area (Å²) in [6.45, 7) is 4.16. The van der Waals surface area contributed by atoms with Crippen molar-refractivity contribution in [2.45, 2.75) is 37.7 Å². The van der Waals surface area contributed by atoms with Gasteiger partial charge in [0.2, 0.25) is 5.91 Å². The summed E-state index contributed by atoms with van der Waals surface area (Å²) in [5.41, 5.74) is -1.59. The minimum Gasteiger partial charge on any atom is -0.497 e. The lowest BCUT2D eigenvalue weighted by molar-refractivity contribution is -0.166. The molecule has 0 spiro atoms. The molecule has 0 unspecified atom stereocenters. The quantitative estimate of drug-likeness (QED) is 0.875. The maximum Gasteiger partial charge on any atom is 0.335 e. The van der Waals surface area contributed by atoms with E-state index in [0.29, 0.717) is 0 Å². The molecule has 126 valence electrons. The fraction of sp³-hybridized carbons (Fsp3) is 0.529. The van der Waals surface area contributed by atoms with Crippen LogP contribution >= 0.6 is 0 Å². The van der Waals surface area contributed by atoms with Gasteiger partial charge in [0.1, 0.15) is 5.75 Å². The summed E-state index contributed by atoms with van der Waals surface area (Å²) in [4.78, 5) is 25.5. The number of carbonyl (C=O) groups is 2. The van der Waals surface area contributed by atoms with Gasteiger partial charge in [-0.15, -0.1) is 0 Å². The fourth-order valence-corrected chi connectivity index (χ4v) is 2.82. The lowest BCUT2D eigenvalue weighted by atomic mass is 9.82. The maximum atomic E-state index is 12.8. The molecule has 6 nitrogen and oxygen atoms in total. The minimum absolute atomic E-state index is 0.0484. The molecule has 1 fully saturated rings. The van der Waals surface area contributed by atoms with Crippen LogP contribution in [0.2, 0.25) is 0 Å². The largest absolute Gasteiger partial charge is 0.497 e. The number of methoxy groups -OCH3 is 1. The number of piperidine rings is 1. The Morgan fingerprint density at radius 3 is 2.13 bits per heavy atom. The Bertz CT molecular complexity index is 586. The number of aliphatic carboxylic acids is 1. The van der Waals surface area contributed by atoms with E-state index in [9.17, 15) is 14.7 Å². The summed E-state index contributed by atoms with van der Waals surface area (Å²) in [6.07, 6.45) is 0.0968. The first-order valence-electron chi connectivity index (χ1n) is 7.60. The van der Waals surface area contributed by atoms with Crippen LogP contribution in [0.3, 0.4) is 0 Å². The van der Waals surface area contributed by atoms with Crippen LogP contribution in [0.1, 0.15) is 32.3 Å². The van der Waals surface area contributed by atoms with Crippen molar-refractivity contribution in [2.24, 2.45) is 0 Å². The number of likely N-dealkylation sites (tertiary alicyclic amines) is 1. The van der Waals surface area contributed by atoms with Gasteiger partial charge in [0, 0.05) is 25.9 Å². The normalized spacial score (nSPS) is 17.7. The molecule has 0 bridgehead atoms. The molecule has 0 aromatic heterocycles. The average molecular weight is 321 g/mol. The Balaban J connectivity index is 2.11. The summed E-state index contributed by atoms with van der Waals surface area (Å²) in [6, 6.07) is 7.33. The van der Waals surface area contributed by atoms with Crippen molar-refractivity contribution >= 4 is 11.9 Å². The van der Waals surface area contributed by atoms with Crippen LogP contribution < -0.4 is 4.74 Å². The molecule has 1 aliphatic rings. The van der Waals surface area contributed by atoms with Crippen LogP contribution in [0.15, 0.2) is 24.3 Å². The number of benzene rings is 1. The monoisotopic (exact) mass is 321 g/mol. The summed E-state index contributed by atoms with van der Waals surface area (Å²) in [7, 11) is 1.59. The van der Waals surface area contributed by atoms with Gasteiger partial charge in [-0.2, -0.15) is 0 Å². The van der Waals surface area contributed by atoms with Gasteiger partial charge in [0.15, 0.2) is 5.60 Å². The van der Waals surface area contributed by atoms with E-state index in [2.05, 4.69) is 0 Å². The molecule has 1 amide bonds. The average Bonchev–Trinajstić information content (AvgIpc) is 2.54. The third-order valence-electron chi connectivity index (χ3n) is 4.62. The second-order valence-electron chi connectivity index (χ2n) is 6.48. The van der Waals surface area contributed by atoms with Crippen molar-refractivity contribution in [1.82, 2.24) is 4.90 Å². The molecule has 1 aromatic carbocycles. The molecule has 1 saturated heterocycles. The highest BCUT2D eigenvalue weighted by molar-refractivity contribution is 5.88. The van der Waals surface area contributed by atoms with E-state index in [1.54, 1.807) is 12.0 Å². The van der Waals surface area contributed by atoms with E-state index in [-0.39, 0.29) is 31.8 Å². The molecule has 2 rings (SSSR count). The van der Waals surface area contributed by atoms with Gasteiger partial charge in [-0.25, -0.2) is 4.79 Å². The number of ether oxygens (including phenoxy) is 1. The summed E-state index contributed by atoms with van der Waals surface area (Å²) in [5.74, 6) is -0.574. The van der Waals surface area contributed by atoms with E-state index >= 15 is 0 Å². The molecule has 1 heterocycles. The van der Waals surface area contributed by atoms with E-state index in [1.165, 1.54) is 0 Å². The number of amides is 1. The van der Waals surface area contributed by atoms with E-state index < -0.39 is 17.0 Å². The number of nitrogens with zero attached hydrogens (tertiary/aromatic N) is 1. The summed E-state index contributed by atoms with van der Waals surface area (Å²) in [5, 5.41) is 19.0. The topological polar surface area (TPSA) is 87.1 Å². The van der Waals surface area contributed by atoms with E-state index in [0.717, 1.165) is 11.3 Å². The number of hydrogen-bond donors (Lipinski definition) is 2. The highest BCUT2D eigenvalue weighted by atomic mass is 16.5. The number of hydrogen-bond acceptors (Lipinski definition) is 4. The van der Waals surface area contributed by atoms with Crippen LogP contribution in [0, 0.1) is 0 Å². The van der Waals surface area contributed by atoms with Gasteiger partial charge in [0.05, 0.1) is 12.5 Å². The molecular formula is C17H23NO5. The Kier molecular flexibility index (Phi) is 4.66. The van der Waals surface area contributed by atoms with Crippen molar-refractivity contribution in [3.05, 3.63) is 29.8 Å². The third kappa shape index (κ3) is 3.32. The molecule has 1 aromatic rings. The lowest BCUT2D eigenvalue weighted by Crippen LogP contribution is -2.54. The molecule has 1 aliphatic heterocycles. The third-order valence-corrected chi connectivity index (χ3v) is 4.62. The van der Waals surface area contributed by atoms with Crippen LogP contribution in [0.4, 0.5) is 0 Å². The van der Waals surface area contributed by atoms with Crippen molar-refractivity contribution in [2.75, 3.05) is 20.2 Å². The number of rotatable bonds is 4. The first-order chi connectivity index (χ1) is 10.7. The van der Waals surface area contributed by atoms with Crippen LogP contribution in [-0.2, 0) is 15.0 Å².